The fourth-order valence-electron chi connectivity index (χ4n) is 3.52. The van der Waals surface area contributed by atoms with Crippen molar-refractivity contribution in [1.82, 2.24) is 0 Å². The van der Waals surface area contributed by atoms with E-state index in [1.54, 1.807) is 12.1 Å². The van der Waals surface area contributed by atoms with E-state index in [1.807, 2.05) is 0 Å². The summed E-state index contributed by atoms with van der Waals surface area (Å²) in [6.07, 6.45) is 13.4. The van der Waals surface area contributed by atoms with Crippen molar-refractivity contribution in [2.45, 2.75) is 90.4 Å². The van der Waals surface area contributed by atoms with Crippen molar-refractivity contribution in [3.63, 3.8) is 0 Å². The van der Waals surface area contributed by atoms with Crippen LogP contribution in [0.2, 0.25) is 0 Å². The molecular formula is C23H34O6. The molecule has 0 atom stereocenters. The van der Waals surface area contributed by atoms with E-state index in [1.165, 1.54) is 63.9 Å². The number of hydrogen-bond donors (Lipinski definition) is 2. The smallest absolute Gasteiger partial charge is 0.478 e. The number of carboxylic acids is 1. The lowest BCUT2D eigenvalue weighted by Crippen LogP contribution is -2.16. The van der Waals surface area contributed by atoms with Gasteiger partial charge in [0.15, 0.2) is 0 Å². The Morgan fingerprint density at radius 3 is 1.79 bits per heavy atom. The van der Waals surface area contributed by atoms with Crippen molar-refractivity contribution < 1.29 is 29.3 Å². The molecule has 6 nitrogen and oxygen atoms in total. The number of benzene rings is 1. The first kappa shape index (κ1) is 24.7. The molecule has 1 rings (SSSR count). The van der Waals surface area contributed by atoms with Crippen molar-refractivity contribution in [3.05, 3.63) is 34.9 Å². The van der Waals surface area contributed by atoms with Crippen LogP contribution >= 0.6 is 0 Å². The minimum Gasteiger partial charge on any atom is -0.478 e. The maximum absolute atomic E-state index is 11.8. The monoisotopic (exact) mass is 406 g/mol. The van der Waals surface area contributed by atoms with E-state index < -0.39 is 18.1 Å². The van der Waals surface area contributed by atoms with Crippen LogP contribution in [0.5, 0.6) is 0 Å². The van der Waals surface area contributed by atoms with Crippen LogP contribution in [0.15, 0.2) is 18.2 Å². The Balaban J connectivity index is 2.35. The van der Waals surface area contributed by atoms with E-state index in [0.717, 1.165) is 19.3 Å². The minimum atomic E-state index is -1.75. The lowest BCUT2D eigenvalue weighted by molar-refractivity contribution is 0.0497. The maximum atomic E-state index is 11.8. The number of ether oxygens (including phenoxy) is 1. The zero-order valence-corrected chi connectivity index (χ0v) is 17.5. The number of aryl methyl sites for hydroxylation is 1. The number of carbonyl (C=O) groups excluding carboxylic acids is 1. The summed E-state index contributed by atoms with van der Waals surface area (Å²) in [6, 6.07) is 4.50. The van der Waals surface area contributed by atoms with Gasteiger partial charge in [0.2, 0.25) is 0 Å². The van der Waals surface area contributed by atoms with E-state index in [-0.39, 0.29) is 11.1 Å². The van der Waals surface area contributed by atoms with Crippen LogP contribution in [0, 0.1) is 0 Å². The Morgan fingerprint density at radius 1 is 0.793 bits per heavy atom. The quantitative estimate of drug-likeness (QED) is 0.197. The number of hydrogen-bond acceptors (Lipinski definition) is 4. The normalized spacial score (nSPS) is 10.7. The molecule has 1 aromatic carbocycles. The van der Waals surface area contributed by atoms with Gasteiger partial charge in [0.05, 0.1) is 11.1 Å². The number of unbranched alkanes of at least 4 members (excludes halogenated alkanes) is 11. The van der Waals surface area contributed by atoms with Gasteiger partial charge in [-0.15, -0.1) is 0 Å². The standard InChI is InChI=1S/C23H34O6/c1-2-3-4-5-6-7-8-9-10-11-12-13-15-18-16-14-17-19(20(18)21(24)25)22(26)29-23(27)28/h14,16-17H,2-13,15H2,1H3,(H,24,25)(H,27,28). The molecule has 0 saturated carbocycles. The highest BCUT2D eigenvalue weighted by atomic mass is 16.7. The highest BCUT2D eigenvalue weighted by molar-refractivity contribution is 6.05. The fraction of sp³-hybridized carbons (Fsp3) is 0.609. The van der Waals surface area contributed by atoms with Crippen LogP contribution < -0.4 is 0 Å². The van der Waals surface area contributed by atoms with Crippen LogP contribution in [0.3, 0.4) is 0 Å². The van der Waals surface area contributed by atoms with Gasteiger partial charge in [-0.2, -0.15) is 0 Å². The zero-order valence-electron chi connectivity index (χ0n) is 17.5. The molecule has 0 spiro atoms. The Kier molecular flexibility index (Phi) is 12.4. The third-order valence-electron chi connectivity index (χ3n) is 5.06. The van der Waals surface area contributed by atoms with Gasteiger partial charge >= 0.3 is 18.1 Å². The summed E-state index contributed by atoms with van der Waals surface area (Å²) in [5.74, 6) is -2.41. The third kappa shape index (κ3) is 10.1. The van der Waals surface area contributed by atoms with Crippen LogP contribution in [-0.4, -0.2) is 28.3 Å². The third-order valence-corrected chi connectivity index (χ3v) is 5.06. The number of esters is 1. The molecule has 6 heteroatoms. The highest BCUT2D eigenvalue weighted by Crippen LogP contribution is 2.20. The first-order valence-electron chi connectivity index (χ1n) is 10.8. The second kappa shape index (κ2) is 14.6. The maximum Gasteiger partial charge on any atom is 0.513 e. The summed E-state index contributed by atoms with van der Waals surface area (Å²) in [4.78, 5) is 34.0. The molecule has 0 aliphatic rings. The Bertz CT molecular complexity index is 653. The van der Waals surface area contributed by atoms with Crippen molar-refractivity contribution in [3.8, 4) is 0 Å². The second-order valence-corrected chi connectivity index (χ2v) is 7.44. The predicted octanol–water partition coefficient (Wildman–Crippen LogP) is 6.46. The topological polar surface area (TPSA) is 101 Å². The van der Waals surface area contributed by atoms with E-state index in [9.17, 15) is 19.5 Å². The molecule has 0 saturated heterocycles. The lowest BCUT2D eigenvalue weighted by Gasteiger charge is -2.10. The highest BCUT2D eigenvalue weighted by Gasteiger charge is 2.22. The number of aromatic carboxylic acids is 1. The predicted molar refractivity (Wildman–Crippen MR) is 112 cm³/mol. The van der Waals surface area contributed by atoms with Crippen LogP contribution in [0.4, 0.5) is 4.79 Å². The van der Waals surface area contributed by atoms with Gasteiger partial charge in [-0.3, -0.25) is 0 Å². The zero-order chi connectivity index (χ0) is 21.5. The first-order valence-corrected chi connectivity index (χ1v) is 10.8. The SMILES string of the molecule is CCCCCCCCCCCCCCc1cccc(C(=O)OC(=O)O)c1C(=O)O. The molecule has 1 aromatic rings. The number of carbonyl (C=O) groups is 3. The lowest BCUT2D eigenvalue weighted by atomic mass is 9.96. The van der Waals surface area contributed by atoms with Crippen molar-refractivity contribution in [1.29, 1.82) is 0 Å². The van der Waals surface area contributed by atoms with Gasteiger partial charge in [0, 0.05) is 0 Å². The molecule has 2 N–H and O–H groups in total. The van der Waals surface area contributed by atoms with E-state index in [4.69, 9.17) is 5.11 Å². The molecule has 0 fully saturated rings. The summed E-state index contributed by atoms with van der Waals surface area (Å²) in [7, 11) is 0. The first-order chi connectivity index (χ1) is 14.0. The molecule has 0 amide bonds. The van der Waals surface area contributed by atoms with Crippen molar-refractivity contribution >= 4 is 18.1 Å². The average Bonchev–Trinajstić information content (AvgIpc) is 2.67. The van der Waals surface area contributed by atoms with Crippen molar-refractivity contribution in [2.24, 2.45) is 0 Å². The molecule has 0 aliphatic heterocycles. The van der Waals surface area contributed by atoms with Gasteiger partial charge in [-0.25, -0.2) is 14.4 Å². The van der Waals surface area contributed by atoms with Gasteiger partial charge in [0.1, 0.15) is 0 Å². The van der Waals surface area contributed by atoms with E-state index >= 15 is 0 Å². The van der Waals surface area contributed by atoms with Crippen molar-refractivity contribution in [2.75, 3.05) is 0 Å². The Labute approximate surface area is 173 Å². The summed E-state index contributed by atoms with van der Waals surface area (Å²) in [6.45, 7) is 2.23. The average molecular weight is 407 g/mol. The van der Waals surface area contributed by atoms with Crippen LogP contribution in [0.25, 0.3) is 0 Å². The van der Waals surface area contributed by atoms with Gasteiger partial charge in [-0.05, 0) is 24.5 Å². The summed E-state index contributed by atoms with van der Waals surface area (Å²) in [5, 5.41) is 18.0. The Morgan fingerprint density at radius 2 is 1.31 bits per heavy atom. The van der Waals surface area contributed by atoms with Gasteiger partial charge in [0.25, 0.3) is 0 Å². The fourth-order valence-corrected chi connectivity index (χ4v) is 3.52. The second-order valence-electron chi connectivity index (χ2n) is 7.44. The van der Waals surface area contributed by atoms with E-state index in [2.05, 4.69) is 11.7 Å². The number of carboxylic acid groups (broad SMARTS) is 2. The molecule has 0 heterocycles. The molecular weight excluding hydrogens is 372 g/mol. The summed E-state index contributed by atoms with van der Waals surface area (Å²) < 4.78 is 4.11. The number of rotatable bonds is 15. The summed E-state index contributed by atoms with van der Waals surface area (Å²) >= 11 is 0. The van der Waals surface area contributed by atoms with Gasteiger partial charge in [-0.1, -0.05) is 89.7 Å². The Hall–Kier alpha value is -2.37. The van der Waals surface area contributed by atoms with Crippen LogP contribution in [0.1, 0.15) is 110 Å². The van der Waals surface area contributed by atoms with Gasteiger partial charge < -0.3 is 14.9 Å². The molecule has 0 unspecified atom stereocenters. The summed E-state index contributed by atoms with van der Waals surface area (Å²) in [5.41, 5.74) is 0.141. The van der Waals surface area contributed by atoms with E-state index in [0.29, 0.717) is 12.0 Å². The molecule has 29 heavy (non-hydrogen) atoms. The minimum absolute atomic E-state index is 0.165. The molecule has 0 radical (unpaired) electrons. The molecule has 162 valence electrons. The largest absolute Gasteiger partial charge is 0.513 e. The molecule has 0 aliphatic carbocycles. The van der Waals surface area contributed by atoms with Crippen LogP contribution in [-0.2, 0) is 11.2 Å². The molecule has 0 aromatic heterocycles. The molecule has 0 bridgehead atoms.